The number of carbonyl (C=O) groups excluding carboxylic acids is 3. The van der Waals surface area contributed by atoms with Crippen LogP contribution >= 0.6 is 0 Å². The smallest absolute Gasteiger partial charge is 0.330 e. The molecule has 0 aliphatic rings. The maximum absolute atomic E-state index is 11.3. The molecule has 0 aromatic carbocycles. The molecule has 0 rings (SSSR count). The van der Waals surface area contributed by atoms with Gasteiger partial charge in [0.25, 0.3) is 0 Å². The van der Waals surface area contributed by atoms with Gasteiger partial charge in [-0.2, -0.15) is 0 Å². The van der Waals surface area contributed by atoms with Gasteiger partial charge >= 0.3 is 17.9 Å². The predicted molar refractivity (Wildman–Crippen MR) is 110 cm³/mol. The largest absolute Gasteiger partial charge is 0.463 e. The summed E-state index contributed by atoms with van der Waals surface area (Å²) in [5, 5.41) is 0. The topological polar surface area (TPSA) is 116 Å². The van der Waals surface area contributed by atoms with Crippen LogP contribution in [0.5, 0.6) is 0 Å². The molecular formula is C21H32O10. The van der Waals surface area contributed by atoms with E-state index in [0.717, 1.165) is 12.2 Å². The van der Waals surface area contributed by atoms with E-state index in [2.05, 4.69) is 19.7 Å². The minimum absolute atomic E-state index is 0.000417. The van der Waals surface area contributed by atoms with Crippen molar-refractivity contribution in [3.8, 4) is 0 Å². The van der Waals surface area contributed by atoms with Gasteiger partial charge < -0.3 is 33.2 Å². The maximum Gasteiger partial charge on any atom is 0.330 e. The molecule has 0 aliphatic carbocycles. The minimum atomic E-state index is -1.19. The average molecular weight is 444 g/mol. The van der Waals surface area contributed by atoms with Crippen LogP contribution in [-0.4, -0.2) is 89.6 Å². The molecule has 1 atom stereocenters. The maximum atomic E-state index is 11.3. The lowest BCUT2D eigenvalue weighted by Gasteiger charge is -2.32. The van der Waals surface area contributed by atoms with Crippen molar-refractivity contribution < 1.29 is 47.5 Å². The van der Waals surface area contributed by atoms with Crippen molar-refractivity contribution in [3.05, 3.63) is 38.0 Å². The van der Waals surface area contributed by atoms with E-state index < -0.39 is 23.5 Å². The predicted octanol–water partition coefficient (Wildman–Crippen LogP) is 0.999. The van der Waals surface area contributed by atoms with Gasteiger partial charge in [-0.15, -0.1) is 6.58 Å². The second kappa shape index (κ2) is 18.3. The molecule has 1 unspecified atom stereocenters. The highest BCUT2D eigenvalue weighted by Crippen LogP contribution is 2.15. The van der Waals surface area contributed by atoms with Crippen molar-refractivity contribution in [1.29, 1.82) is 0 Å². The molecule has 0 saturated carbocycles. The lowest BCUT2D eigenvalue weighted by Crippen LogP contribution is -2.48. The van der Waals surface area contributed by atoms with Gasteiger partial charge in [-0.1, -0.05) is 19.2 Å². The molecule has 31 heavy (non-hydrogen) atoms. The van der Waals surface area contributed by atoms with E-state index in [1.807, 2.05) is 0 Å². The molecule has 0 saturated heterocycles. The van der Waals surface area contributed by atoms with Crippen LogP contribution in [0.2, 0.25) is 0 Å². The van der Waals surface area contributed by atoms with E-state index in [1.54, 1.807) is 6.08 Å². The summed E-state index contributed by atoms with van der Waals surface area (Å²) in [6, 6.07) is 0. The van der Waals surface area contributed by atoms with Gasteiger partial charge in [0.2, 0.25) is 0 Å². The van der Waals surface area contributed by atoms with E-state index in [1.165, 1.54) is 6.92 Å². The first-order valence-electron chi connectivity index (χ1n) is 9.59. The standard InChI is InChI=1S/C21H32O10/c1-5-8-25-9-10-26-15-21(17-30-18(4)22,31-14-13-29-20(24)7-3)16-27-11-12-28-19(23)6-2/h5-7H,1-3,8-17H2,4H3. The summed E-state index contributed by atoms with van der Waals surface area (Å²) in [6.45, 7) is 12.2. The summed E-state index contributed by atoms with van der Waals surface area (Å²) < 4.78 is 37.1. The Bertz CT molecular complexity index is 575. The number of hydrogen-bond acceptors (Lipinski definition) is 10. The Morgan fingerprint density at radius 3 is 1.74 bits per heavy atom. The molecule has 176 valence electrons. The zero-order valence-corrected chi connectivity index (χ0v) is 18.0. The molecular weight excluding hydrogens is 412 g/mol. The van der Waals surface area contributed by atoms with Crippen molar-refractivity contribution >= 4 is 17.9 Å². The second-order valence-corrected chi connectivity index (χ2v) is 6.02. The van der Waals surface area contributed by atoms with Gasteiger partial charge in [0.15, 0.2) is 0 Å². The van der Waals surface area contributed by atoms with Crippen molar-refractivity contribution in [2.45, 2.75) is 12.5 Å². The molecule has 0 heterocycles. The van der Waals surface area contributed by atoms with E-state index in [-0.39, 0.29) is 52.9 Å². The molecule has 0 fully saturated rings. The quantitative estimate of drug-likeness (QED) is 0.0885. The third-order valence-corrected chi connectivity index (χ3v) is 3.42. The Labute approximate surface area is 182 Å². The average Bonchev–Trinajstić information content (AvgIpc) is 2.76. The molecule has 10 nitrogen and oxygen atoms in total. The highest BCUT2D eigenvalue weighted by atomic mass is 16.6. The number of ether oxygens (including phenoxy) is 7. The van der Waals surface area contributed by atoms with Crippen LogP contribution in [0.15, 0.2) is 38.0 Å². The number of esters is 3. The Balaban J connectivity index is 4.89. The fourth-order valence-electron chi connectivity index (χ4n) is 2.00. The third kappa shape index (κ3) is 15.9. The molecule has 0 aromatic rings. The van der Waals surface area contributed by atoms with Gasteiger partial charge in [-0.05, 0) is 0 Å². The molecule has 0 aliphatic heterocycles. The third-order valence-electron chi connectivity index (χ3n) is 3.42. The normalized spacial score (nSPS) is 12.3. The Morgan fingerprint density at radius 2 is 1.23 bits per heavy atom. The summed E-state index contributed by atoms with van der Waals surface area (Å²) in [6.07, 6.45) is 3.69. The summed E-state index contributed by atoms with van der Waals surface area (Å²) in [4.78, 5) is 33.6. The van der Waals surface area contributed by atoms with Gasteiger partial charge in [0, 0.05) is 19.1 Å². The molecule has 0 spiro atoms. The van der Waals surface area contributed by atoms with Crippen LogP contribution in [0.3, 0.4) is 0 Å². The van der Waals surface area contributed by atoms with Crippen LogP contribution < -0.4 is 0 Å². The lowest BCUT2D eigenvalue weighted by molar-refractivity contribution is -0.184. The number of carbonyl (C=O) groups is 3. The van der Waals surface area contributed by atoms with Crippen LogP contribution in [-0.2, 0) is 47.5 Å². The van der Waals surface area contributed by atoms with Crippen molar-refractivity contribution in [3.63, 3.8) is 0 Å². The SMILES string of the molecule is C=CCOCCOCC(COCCOC(=O)C=C)(COC(C)=O)OCCOC(=O)C=C. The van der Waals surface area contributed by atoms with E-state index in [4.69, 9.17) is 33.2 Å². The van der Waals surface area contributed by atoms with Crippen LogP contribution in [0, 0.1) is 0 Å². The lowest BCUT2D eigenvalue weighted by atomic mass is 10.1. The van der Waals surface area contributed by atoms with E-state index >= 15 is 0 Å². The number of hydrogen-bond donors (Lipinski definition) is 0. The molecule has 10 heteroatoms. The second-order valence-electron chi connectivity index (χ2n) is 6.02. The first kappa shape index (κ1) is 28.5. The zero-order chi connectivity index (χ0) is 23.4. The Morgan fingerprint density at radius 1 is 0.710 bits per heavy atom. The highest BCUT2D eigenvalue weighted by Gasteiger charge is 2.34. The summed E-state index contributed by atoms with van der Waals surface area (Å²) in [7, 11) is 0. The fourth-order valence-corrected chi connectivity index (χ4v) is 2.00. The van der Waals surface area contributed by atoms with E-state index in [9.17, 15) is 14.4 Å². The highest BCUT2D eigenvalue weighted by molar-refractivity contribution is 5.81. The number of rotatable bonds is 20. The monoisotopic (exact) mass is 444 g/mol. The molecule has 0 radical (unpaired) electrons. The first-order chi connectivity index (χ1) is 14.9. The van der Waals surface area contributed by atoms with E-state index in [0.29, 0.717) is 13.2 Å². The summed E-state index contributed by atoms with van der Waals surface area (Å²) in [5.74, 6) is -1.68. The van der Waals surface area contributed by atoms with Crippen molar-refractivity contribution in [1.82, 2.24) is 0 Å². The van der Waals surface area contributed by atoms with Gasteiger partial charge in [0.1, 0.15) is 25.4 Å². The zero-order valence-electron chi connectivity index (χ0n) is 18.0. The van der Waals surface area contributed by atoms with Gasteiger partial charge in [-0.25, -0.2) is 9.59 Å². The van der Waals surface area contributed by atoms with Crippen molar-refractivity contribution in [2.75, 3.05) is 66.1 Å². The Hall–Kier alpha value is -2.53. The van der Waals surface area contributed by atoms with Gasteiger partial charge in [0.05, 0.1) is 46.2 Å². The van der Waals surface area contributed by atoms with Crippen LogP contribution in [0.1, 0.15) is 6.92 Å². The van der Waals surface area contributed by atoms with Crippen LogP contribution in [0.4, 0.5) is 0 Å². The molecule has 0 bridgehead atoms. The molecule has 0 aromatic heterocycles. The first-order valence-corrected chi connectivity index (χ1v) is 9.59. The summed E-state index contributed by atoms with van der Waals surface area (Å²) in [5.41, 5.74) is -1.19. The van der Waals surface area contributed by atoms with Gasteiger partial charge in [-0.3, -0.25) is 4.79 Å². The van der Waals surface area contributed by atoms with Crippen LogP contribution in [0.25, 0.3) is 0 Å². The summed E-state index contributed by atoms with van der Waals surface area (Å²) >= 11 is 0. The van der Waals surface area contributed by atoms with Crippen molar-refractivity contribution in [2.24, 2.45) is 0 Å². The minimum Gasteiger partial charge on any atom is -0.463 e. The Kier molecular flexibility index (Phi) is 16.8. The molecule has 0 N–H and O–H groups in total. The molecule has 0 amide bonds. The fraction of sp³-hybridized carbons (Fsp3) is 0.571.